The summed E-state index contributed by atoms with van der Waals surface area (Å²) in [7, 11) is 0. The van der Waals surface area contributed by atoms with Gasteiger partial charge in [-0.2, -0.15) is 10.2 Å². The SMILES string of the molecule is Oc1cccc(C(=Nc2ccnnc2)c2c(O)[nH]c3ccc(Br)cc23)c1. The summed E-state index contributed by atoms with van der Waals surface area (Å²) in [5.74, 6) is 0.116. The number of fused-ring (bicyclic) bond motifs is 1. The van der Waals surface area contributed by atoms with Gasteiger partial charge in [-0.3, -0.25) is 0 Å². The molecule has 0 atom stereocenters. The summed E-state index contributed by atoms with van der Waals surface area (Å²) >= 11 is 3.47. The first kappa shape index (κ1) is 16.3. The van der Waals surface area contributed by atoms with E-state index in [0.29, 0.717) is 22.5 Å². The number of nitrogens with one attached hydrogen (secondary N) is 1. The molecule has 2 aromatic carbocycles. The molecule has 0 spiro atoms. The number of phenols is 1. The fourth-order valence-electron chi connectivity index (χ4n) is 2.79. The molecule has 0 saturated heterocycles. The summed E-state index contributed by atoms with van der Waals surface area (Å²) in [6, 6.07) is 14.1. The molecule has 0 aliphatic heterocycles. The second-order valence-corrected chi connectivity index (χ2v) is 6.57. The van der Waals surface area contributed by atoms with Crippen LogP contribution < -0.4 is 0 Å². The number of aromatic nitrogens is 3. The zero-order valence-corrected chi connectivity index (χ0v) is 15.0. The number of H-pyrrole nitrogens is 1. The molecule has 0 amide bonds. The molecule has 4 rings (SSSR count). The van der Waals surface area contributed by atoms with Gasteiger partial charge in [0, 0.05) is 20.9 Å². The molecule has 4 aromatic rings. The van der Waals surface area contributed by atoms with Crippen molar-refractivity contribution in [2.24, 2.45) is 4.99 Å². The number of hydrogen-bond donors (Lipinski definition) is 3. The lowest BCUT2D eigenvalue weighted by atomic mass is 10.0. The number of phenolic OH excluding ortho intramolecular Hbond substituents is 1. The molecule has 0 aliphatic rings. The van der Waals surface area contributed by atoms with E-state index in [1.807, 2.05) is 24.3 Å². The largest absolute Gasteiger partial charge is 0.508 e. The standard InChI is InChI=1S/C19H13BrN4O2/c20-12-4-5-16-15(9-12)17(19(26)24-16)18(11-2-1-3-14(25)8-11)23-13-6-7-21-22-10-13/h1-10,24-26H. The highest BCUT2D eigenvalue weighted by molar-refractivity contribution is 9.10. The van der Waals surface area contributed by atoms with Crippen molar-refractivity contribution in [3.63, 3.8) is 0 Å². The van der Waals surface area contributed by atoms with Gasteiger partial charge in [0.2, 0.25) is 0 Å². The third-order valence-corrected chi connectivity index (χ3v) is 4.40. The van der Waals surface area contributed by atoms with Gasteiger partial charge >= 0.3 is 0 Å². The van der Waals surface area contributed by atoms with Gasteiger partial charge in [-0.1, -0.05) is 28.1 Å². The molecular weight excluding hydrogens is 396 g/mol. The molecule has 0 aliphatic carbocycles. The number of benzene rings is 2. The predicted molar refractivity (Wildman–Crippen MR) is 103 cm³/mol. The molecule has 3 N–H and O–H groups in total. The van der Waals surface area contributed by atoms with Gasteiger partial charge in [-0.25, -0.2) is 4.99 Å². The van der Waals surface area contributed by atoms with Crippen molar-refractivity contribution in [2.45, 2.75) is 0 Å². The lowest BCUT2D eigenvalue weighted by Gasteiger charge is -2.08. The first-order valence-electron chi connectivity index (χ1n) is 7.77. The van der Waals surface area contributed by atoms with Crippen molar-refractivity contribution in [3.05, 3.63) is 76.5 Å². The van der Waals surface area contributed by atoms with E-state index in [4.69, 9.17) is 0 Å². The van der Waals surface area contributed by atoms with Crippen molar-refractivity contribution in [2.75, 3.05) is 0 Å². The molecule has 0 bridgehead atoms. The number of halogens is 1. The molecule has 0 saturated carbocycles. The Morgan fingerprint density at radius 2 is 1.92 bits per heavy atom. The van der Waals surface area contributed by atoms with E-state index >= 15 is 0 Å². The van der Waals surface area contributed by atoms with Crippen LogP contribution in [0.1, 0.15) is 11.1 Å². The highest BCUT2D eigenvalue weighted by Crippen LogP contribution is 2.33. The molecule has 7 heteroatoms. The number of rotatable bonds is 3. The molecule has 128 valence electrons. The van der Waals surface area contributed by atoms with Gasteiger partial charge in [0.15, 0.2) is 5.88 Å². The fraction of sp³-hybridized carbons (Fsp3) is 0. The first-order valence-corrected chi connectivity index (χ1v) is 8.56. The van der Waals surface area contributed by atoms with Gasteiger partial charge < -0.3 is 15.2 Å². The molecule has 6 nitrogen and oxygen atoms in total. The molecule has 26 heavy (non-hydrogen) atoms. The Morgan fingerprint density at radius 1 is 1.04 bits per heavy atom. The topological polar surface area (TPSA) is 94.4 Å². The van der Waals surface area contributed by atoms with E-state index in [-0.39, 0.29) is 11.6 Å². The molecule has 2 heterocycles. The van der Waals surface area contributed by atoms with E-state index in [1.165, 1.54) is 6.20 Å². The summed E-state index contributed by atoms with van der Waals surface area (Å²) in [5.41, 5.74) is 3.08. The van der Waals surface area contributed by atoms with Crippen LogP contribution in [0.5, 0.6) is 11.6 Å². The van der Waals surface area contributed by atoms with Gasteiger partial charge in [0.05, 0.1) is 29.4 Å². The first-order chi connectivity index (χ1) is 12.6. The minimum absolute atomic E-state index is 0.00204. The van der Waals surface area contributed by atoms with Crippen LogP contribution in [0.25, 0.3) is 10.9 Å². The highest BCUT2D eigenvalue weighted by Gasteiger charge is 2.19. The third-order valence-electron chi connectivity index (χ3n) is 3.91. The smallest absolute Gasteiger partial charge is 0.199 e. The minimum Gasteiger partial charge on any atom is -0.508 e. The molecule has 0 fully saturated rings. The Morgan fingerprint density at radius 3 is 2.69 bits per heavy atom. The Kier molecular flexibility index (Phi) is 4.14. The van der Waals surface area contributed by atoms with Crippen molar-refractivity contribution < 1.29 is 10.2 Å². The monoisotopic (exact) mass is 408 g/mol. The average Bonchev–Trinajstić information content (AvgIpc) is 2.95. The van der Waals surface area contributed by atoms with E-state index in [9.17, 15) is 10.2 Å². The van der Waals surface area contributed by atoms with Gasteiger partial charge in [0.25, 0.3) is 0 Å². The van der Waals surface area contributed by atoms with E-state index in [1.54, 1.807) is 30.5 Å². The Hall–Kier alpha value is -3.19. The number of nitrogens with zero attached hydrogens (tertiary/aromatic N) is 3. The van der Waals surface area contributed by atoms with Crippen molar-refractivity contribution in [1.29, 1.82) is 0 Å². The van der Waals surface area contributed by atoms with Gasteiger partial charge in [-0.05, 0) is 36.4 Å². The fourth-order valence-corrected chi connectivity index (χ4v) is 3.15. The predicted octanol–water partition coefficient (Wildman–Crippen LogP) is 4.30. The van der Waals surface area contributed by atoms with Crippen LogP contribution in [0, 0.1) is 0 Å². The van der Waals surface area contributed by atoms with Gasteiger partial charge in [0.1, 0.15) is 5.75 Å². The van der Waals surface area contributed by atoms with Crippen LogP contribution in [0.4, 0.5) is 5.69 Å². The highest BCUT2D eigenvalue weighted by atomic mass is 79.9. The number of hydrogen-bond acceptors (Lipinski definition) is 5. The maximum absolute atomic E-state index is 10.6. The van der Waals surface area contributed by atoms with E-state index in [0.717, 1.165) is 15.4 Å². The zero-order chi connectivity index (χ0) is 18.1. The summed E-state index contributed by atoms with van der Waals surface area (Å²) in [5, 5.41) is 28.9. The average molecular weight is 409 g/mol. The van der Waals surface area contributed by atoms with Crippen molar-refractivity contribution in [3.8, 4) is 11.6 Å². The van der Waals surface area contributed by atoms with Crippen LogP contribution in [0.2, 0.25) is 0 Å². The summed E-state index contributed by atoms with van der Waals surface area (Å²) in [4.78, 5) is 7.63. The molecule has 2 aromatic heterocycles. The van der Waals surface area contributed by atoms with Crippen LogP contribution in [-0.2, 0) is 0 Å². The second kappa shape index (κ2) is 6.61. The number of aromatic hydroxyl groups is 2. The Balaban J connectivity index is 2.02. The maximum Gasteiger partial charge on any atom is 0.199 e. The summed E-state index contributed by atoms with van der Waals surface area (Å²) in [6.45, 7) is 0. The lowest BCUT2D eigenvalue weighted by Crippen LogP contribution is -2.03. The number of aromatic amines is 1. The minimum atomic E-state index is 0.00204. The van der Waals surface area contributed by atoms with Crippen LogP contribution in [0.15, 0.2) is 70.4 Å². The zero-order valence-electron chi connectivity index (χ0n) is 13.4. The van der Waals surface area contributed by atoms with E-state index < -0.39 is 0 Å². The van der Waals surface area contributed by atoms with Crippen molar-refractivity contribution >= 4 is 38.2 Å². The summed E-state index contributed by atoms with van der Waals surface area (Å²) < 4.78 is 0.881. The molecular formula is C19H13BrN4O2. The van der Waals surface area contributed by atoms with Crippen LogP contribution in [0.3, 0.4) is 0 Å². The summed E-state index contributed by atoms with van der Waals surface area (Å²) in [6.07, 6.45) is 3.08. The maximum atomic E-state index is 10.6. The van der Waals surface area contributed by atoms with E-state index in [2.05, 4.69) is 36.1 Å². The quantitative estimate of drug-likeness (QED) is 0.440. The molecule has 0 unspecified atom stereocenters. The third kappa shape index (κ3) is 3.04. The lowest BCUT2D eigenvalue weighted by molar-refractivity contribution is 0.457. The second-order valence-electron chi connectivity index (χ2n) is 5.65. The number of aliphatic imine (C=N–C) groups is 1. The Labute approximate surface area is 157 Å². The molecule has 0 radical (unpaired) electrons. The van der Waals surface area contributed by atoms with Gasteiger partial charge in [-0.15, -0.1) is 0 Å². The van der Waals surface area contributed by atoms with Crippen LogP contribution in [-0.4, -0.2) is 31.1 Å². The van der Waals surface area contributed by atoms with Crippen LogP contribution >= 0.6 is 15.9 Å². The van der Waals surface area contributed by atoms with Crippen molar-refractivity contribution in [1.82, 2.24) is 15.2 Å². The Bertz CT molecular complexity index is 1120. The normalized spacial score (nSPS) is 11.8.